The molecule has 5 heteroatoms. The van der Waals surface area contributed by atoms with Crippen molar-refractivity contribution in [2.24, 2.45) is 0 Å². The zero-order chi connectivity index (χ0) is 14.5. The smallest absolute Gasteiger partial charge is 0.107 e. The minimum absolute atomic E-state index is 0.526. The van der Waals surface area contributed by atoms with Crippen molar-refractivity contribution in [2.75, 3.05) is 25.0 Å². The first-order chi connectivity index (χ1) is 10.4. The molecule has 5 nitrogen and oxygen atoms in total. The number of nitrogens with zero attached hydrogens (tertiary/aromatic N) is 3. The molecule has 1 saturated heterocycles. The van der Waals surface area contributed by atoms with E-state index >= 15 is 0 Å². The summed E-state index contributed by atoms with van der Waals surface area (Å²) in [4.78, 5) is 6.94. The van der Waals surface area contributed by atoms with Crippen LogP contribution in [0.4, 0.5) is 5.69 Å². The Kier molecular flexibility index (Phi) is 4.50. The fourth-order valence-corrected chi connectivity index (χ4v) is 2.94. The van der Waals surface area contributed by atoms with E-state index in [0.717, 1.165) is 17.1 Å². The fraction of sp³-hybridized carbons (Fsp3) is 0.500. The van der Waals surface area contributed by atoms with Crippen LogP contribution in [-0.4, -0.2) is 45.8 Å². The van der Waals surface area contributed by atoms with Crippen LogP contribution in [0.1, 0.15) is 26.2 Å². The molecule has 0 saturated carbocycles. The lowest BCUT2D eigenvalue weighted by Gasteiger charge is -2.32. The maximum Gasteiger partial charge on any atom is 0.107 e. The van der Waals surface area contributed by atoms with Crippen molar-refractivity contribution in [3.05, 3.63) is 30.6 Å². The molecule has 3 heterocycles. The van der Waals surface area contributed by atoms with Gasteiger partial charge in [-0.25, -0.2) is 0 Å². The van der Waals surface area contributed by atoms with E-state index in [-0.39, 0.29) is 0 Å². The first-order valence-electron chi connectivity index (χ1n) is 7.80. The summed E-state index contributed by atoms with van der Waals surface area (Å²) >= 11 is 0. The first kappa shape index (κ1) is 14.1. The fourth-order valence-electron chi connectivity index (χ4n) is 2.94. The van der Waals surface area contributed by atoms with Gasteiger partial charge in [0.05, 0.1) is 17.6 Å². The highest BCUT2D eigenvalue weighted by molar-refractivity contribution is 5.71. The molecule has 0 unspecified atom stereocenters. The van der Waals surface area contributed by atoms with Crippen LogP contribution in [0.25, 0.3) is 11.4 Å². The summed E-state index contributed by atoms with van der Waals surface area (Å²) in [6, 6.07) is 6.45. The molecule has 2 aromatic heterocycles. The number of anilines is 1. The summed E-state index contributed by atoms with van der Waals surface area (Å²) in [7, 11) is 0. The Hall–Kier alpha value is -1.88. The number of piperidine rings is 1. The maximum atomic E-state index is 4.39. The molecule has 0 aliphatic carbocycles. The van der Waals surface area contributed by atoms with E-state index in [1.807, 2.05) is 30.6 Å². The van der Waals surface area contributed by atoms with Crippen LogP contribution in [0.2, 0.25) is 0 Å². The summed E-state index contributed by atoms with van der Waals surface area (Å²) in [5.41, 5.74) is 2.97. The Labute approximate surface area is 125 Å². The van der Waals surface area contributed by atoms with Crippen LogP contribution < -0.4 is 5.32 Å². The van der Waals surface area contributed by atoms with Gasteiger partial charge in [-0.15, -0.1) is 0 Å². The van der Waals surface area contributed by atoms with Gasteiger partial charge in [0.1, 0.15) is 5.69 Å². The lowest BCUT2D eigenvalue weighted by Crippen LogP contribution is -2.39. The molecule has 0 amide bonds. The Bertz CT molecular complexity index is 543. The van der Waals surface area contributed by atoms with Gasteiger partial charge in [-0.3, -0.25) is 10.1 Å². The molecule has 0 aromatic carbocycles. The molecule has 1 aliphatic rings. The minimum Gasteiger partial charge on any atom is -0.379 e. The number of nitrogens with one attached hydrogen (secondary N) is 2. The van der Waals surface area contributed by atoms with Crippen molar-refractivity contribution in [1.29, 1.82) is 0 Å². The number of hydrogen-bond acceptors (Lipinski definition) is 4. The Morgan fingerprint density at radius 1 is 1.33 bits per heavy atom. The Balaban J connectivity index is 1.63. The van der Waals surface area contributed by atoms with Crippen molar-refractivity contribution in [2.45, 2.75) is 32.2 Å². The predicted octanol–water partition coefficient (Wildman–Crippen LogP) is 2.76. The molecule has 2 N–H and O–H groups in total. The maximum absolute atomic E-state index is 4.39. The van der Waals surface area contributed by atoms with Crippen LogP contribution in [-0.2, 0) is 0 Å². The quantitative estimate of drug-likeness (QED) is 0.887. The molecular formula is C16H23N5. The molecule has 21 heavy (non-hydrogen) atoms. The average molecular weight is 285 g/mol. The van der Waals surface area contributed by atoms with Crippen LogP contribution in [0.3, 0.4) is 0 Å². The van der Waals surface area contributed by atoms with E-state index in [0.29, 0.717) is 6.04 Å². The van der Waals surface area contributed by atoms with Gasteiger partial charge < -0.3 is 10.2 Å². The van der Waals surface area contributed by atoms with E-state index in [2.05, 4.69) is 32.3 Å². The van der Waals surface area contributed by atoms with Crippen molar-refractivity contribution in [1.82, 2.24) is 20.1 Å². The second kappa shape index (κ2) is 6.72. The van der Waals surface area contributed by atoms with Gasteiger partial charge in [0.2, 0.25) is 0 Å². The highest BCUT2D eigenvalue weighted by Gasteiger charge is 2.20. The third-order valence-electron chi connectivity index (χ3n) is 4.05. The van der Waals surface area contributed by atoms with Gasteiger partial charge in [0, 0.05) is 25.3 Å². The topological polar surface area (TPSA) is 56.8 Å². The van der Waals surface area contributed by atoms with E-state index in [1.54, 1.807) is 0 Å². The lowest BCUT2D eigenvalue weighted by atomic mass is 10.0. The minimum atomic E-state index is 0.526. The highest BCUT2D eigenvalue weighted by Crippen LogP contribution is 2.25. The number of pyridine rings is 1. The number of hydrogen-bond donors (Lipinski definition) is 2. The van der Waals surface area contributed by atoms with E-state index in [1.165, 1.54) is 38.9 Å². The second-order valence-electron chi connectivity index (χ2n) is 5.63. The molecule has 0 radical (unpaired) electrons. The van der Waals surface area contributed by atoms with E-state index < -0.39 is 0 Å². The summed E-state index contributed by atoms with van der Waals surface area (Å²) in [6.07, 6.45) is 7.29. The summed E-state index contributed by atoms with van der Waals surface area (Å²) in [6.45, 7) is 5.83. The molecule has 1 aliphatic heterocycles. The van der Waals surface area contributed by atoms with E-state index in [4.69, 9.17) is 0 Å². The van der Waals surface area contributed by atoms with Crippen LogP contribution in [0, 0.1) is 0 Å². The number of rotatable bonds is 5. The second-order valence-corrected chi connectivity index (χ2v) is 5.63. The third-order valence-corrected chi connectivity index (χ3v) is 4.05. The SMILES string of the molecule is CCCN1CCC(Nc2cn[nH]c2-c2ccccn2)CC1. The Morgan fingerprint density at radius 2 is 2.19 bits per heavy atom. The molecule has 112 valence electrons. The Morgan fingerprint density at radius 3 is 2.90 bits per heavy atom. The van der Waals surface area contributed by atoms with Gasteiger partial charge in [-0.05, 0) is 37.9 Å². The van der Waals surface area contributed by atoms with Crippen molar-refractivity contribution in [3.63, 3.8) is 0 Å². The average Bonchev–Trinajstić information content (AvgIpc) is 2.98. The highest BCUT2D eigenvalue weighted by atomic mass is 15.2. The molecule has 0 spiro atoms. The van der Waals surface area contributed by atoms with Crippen molar-refractivity contribution >= 4 is 5.69 Å². The summed E-state index contributed by atoms with van der Waals surface area (Å²) < 4.78 is 0. The molecule has 1 fully saturated rings. The van der Waals surface area contributed by atoms with E-state index in [9.17, 15) is 0 Å². The third kappa shape index (κ3) is 3.42. The molecule has 3 rings (SSSR count). The number of aromatic amines is 1. The predicted molar refractivity (Wildman–Crippen MR) is 85.2 cm³/mol. The van der Waals surface area contributed by atoms with Gasteiger partial charge in [-0.1, -0.05) is 13.0 Å². The van der Waals surface area contributed by atoms with Crippen LogP contribution >= 0.6 is 0 Å². The lowest BCUT2D eigenvalue weighted by molar-refractivity contribution is 0.219. The summed E-state index contributed by atoms with van der Waals surface area (Å²) in [5.74, 6) is 0. The summed E-state index contributed by atoms with van der Waals surface area (Å²) in [5, 5.41) is 10.9. The number of likely N-dealkylation sites (tertiary alicyclic amines) is 1. The monoisotopic (exact) mass is 285 g/mol. The largest absolute Gasteiger partial charge is 0.379 e. The molecule has 0 bridgehead atoms. The first-order valence-corrected chi connectivity index (χ1v) is 7.80. The van der Waals surface area contributed by atoms with Crippen LogP contribution in [0.5, 0.6) is 0 Å². The molecular weight excluding hydrogens is 262 g/mol. The number of H-pyrrole nitrogens is 1. The van der Waals surface area contributed by atoms with Crippen LogP contribution in [0.15, 0.2) is 30.6 Å². The van der Waals surface area contributed by atoms with Gasteiger partial charge >= 0.3 is 0 Å². The zero-order valence-corrected chi connectivity index (χ0v) is 12.5. The van der Waals surface area contributed by atoms with Gasteiger partial charge in [0.25, 0.3) is 0 Å². The van der Waals surface area contributed by atoms with Crippen molar-refractivity contribution in [3.8, 4) is 11.4 Å². The zero-order valence-electron chi connectivity index (χ0n) is 12.5. The van der Waals surface area contributed by atoms with Gasteiger partial charge in [-0.2, -0.15) is 5.10 Å². The van der Waals surface area contributed by atoms with Gasteiger partial charge in [0.15, 0.2) is 0 Å². The number of aromatic nitrogens is 3. The standard InChI is InChI=1S/C16H23N5/c1-2-9-21-10-6-13(7-11-21)19-15-12-18-20-16(15)14-5-3-4-8-17-14/h3-5,8,12-13,19H,2,6-7,9-11H2,1H3,(H,18,20). The molecule has 2 aromatic rings. The molecule has 0 atom stereocenters. The van der Waals surface area contributed by atoms with Crippen molar-refractivity contribution < 1.29 is 0 Å². The normalized spacial score (nSPS) is 17.0.